The first-order valence-electron chi connectivity index (χ1n) is 4.78. The molecule has 1 fully saturated rings. The van der Waals surface area contributed by atoms with Crippen LogP contribution in [0.15, 0.2) is 0 Å². The summed E-state index contributed by atoms with van der Waals surface area (Å²) in [5.41, 5.74) is 0. The van der Waals surface area contributed by atoms with E-state index in [1.54, 1.807) is 0 Å². The lowest BCUT2D eigenvalue weighted by molar-refractivity contribution is -0.145. The molecule has 1 unspecified atom stereocenters. The van der Waals surface area contributed by atoms with Gasteiger partial charge in [0, 0.05) is 6.54 Å². The number of carboxylic acid groups (broad SMARTS) is 1. The van der Waals surface area contributed by atoms with Gasteiger partial charge in [-0.3, -0.25) is 0 Å². The molecule has 1 atom stereocenters. The van der Waals surface area contributed by atoms with Crippen molar-refractivity contribution < 1.29 is 14.6 Å². The molecular formula is C9H17NO3. The molecule has 0 aromatic carbocycles. The van der Waals surface area contributed by atoms with Crippen molar-refractivity contribution in [3.05, 3.63) is 0 Å². The predicted octanol–water partition coefficient (Wildman–Crippen LogP) is 0.572. The van der Waals surface area contributed by atoms with E-state index in [-0.39, 0.29) is 12.7 Å². The molecule has 0 aromatic heterocycles. The third-order valence-electron chi connectivity index (χ3n) is 2.35. The molecule has 0 spiro atoms. The Bertz CT molecular complexity index is 172. The van der Waals surface area contributed by atoms with Gasteiger partial charge < -0.3 is 14.7 Å². The van der Waals surface area contributed by atoms with Crippen LogP contribution < -0.4 is 0 Å². The van der Waals surface area contributed by atoms with Crippen molar-refractivity contribution >= 4 is 5.97 Å². The second-order valence-corrected chi connectivity index (χ2v) is 3.36. The van der Waals surface area contributed by atoms with Crippen LogP contribution in [0.4, 0.5) is 0 Å². The van der Waals surface area contributed by atoms with Gasteiger partial charge in [-0.05, 0) is 25.9 Å². The predicted molar refractivity (Wildman–Crippen MR) is 48.7 cm³/mol. The highest BCUT2D eigenvalue weighted by molar-refractivity contribution is 5.68. The molecule has 0 bridgehead atoms. The summed E-state index contributed by atoms with van der Waals surface area (Å²) in [7, 11) is 0. The molecule has 1 heterocycles. The van der Waals surface area contributed by atoms with Gasteiger partial charge in [0.15, 0.2) is 0 Å². The molecule has 1 saturated heterocycles. The highest BCUT2D eigenvalue weighted by atomic mass is 16.5. The quantitative estimate of drug-likeness (QED) is 0.699. The zero-order valence-corrected chi connectivity index (χ0v) is 8.03. The van der Waals surface area contributed by atoms with Gasteiger partial charge in [0.25, 0.3) is 0 Å². The molecule has 0 radical (unpaired) electrons. The molecule has 0 saturated carbocycles. The molecule has 1 N–H and O–H groups in total. The Morgan fingerprint density at radius 3 is 3.08 bits per heavy atom. The summed E-state index contributed by atoms with van der Waals surface area (Å²) in [5.74, 6) is -0.881. The largest absolute Gasteiger partial charge is 0.480 e. The first-order valence-corrected chi connectivity index (χ1v) is 4.78. The van der Waals surface area contributed by atoms with Crippen molar-refractivity contribution in [3.8, 4) is 0 Å². The third-order valence-corrected chi connectivity index (χ3v) is 2.35. The van der Waals surface area contributed by atoms with Crippen molar-refractivity contribution in [2.75, 3.05) is 26.2 Å². The van der Waals surface area contributed by atoms with Crippen LogP contribution in [0.2, 0.25) is 0 Å². The molecule has 4 nitrogen and oxygen atoms in total. The van der Waals surface area contributed by atoms with E-state index in [0.29, 0.717) is 0 Å². The van der Waals surface area contributed by atoms with Crippen LogP contribution in [0.1, 0.15) is 19.8 Å². The summed E-state index contributed by atoms with van der Waals surface area (Å²) >= 11 is 0. The Morgan fingerprint density at radius 1 is 1.69 bits per heavy atom. The smallest absolute Gasteiger partial charge is 0.329 e. The fourth-order valence-corrected chi connectivity index (χ4v) is 1.63. The van der Waals surface area contributed by atoms with Gasteiger partial charge >= 0.3 is 5.97 Å². The normalized spacial score (nSPS) is 24.5. The summed E-state index contributed by atoms with van der Waals surface area (Å²) < 4.78 is 5.24. The maximum atomic E-state index is 10.3. The zero-order valence-electron chi connectivity index (χ0n) is 8.03. The molecule has 1 aliphatic heterocycles. The summed E-state index contributed by atoms with van der Waals surface area (Å²) in [6.45, 7) is 4.96. The van der Waals surface area contributed by atoms with Gasteiger partial charge in [0.1, 0.15) is 6.61 Å². The average Bonchev–Trinajstić information content (AvgIpc) is 2.15. The average molecular weight is 187 g/mol. The van der Waals surface area contributed by atoms with Crippen molar-refractivity contribution in [1.82, 2.24) is 4.90 Å². The standard InChI is InChI=1S/C9H17NO3/c1-2-10-5-3-4-8(6-10)13-7-9(11)12/h8H,2-7H2,1H3,(H,11,12). The van der Waals surface area contributed by atoms with Gasteiger partial charge in [-0.15, -0.1) is 0 Å². The first kappa shape index (κ1) is 10.5. The van der Waals surface area contributed by atoms with Crippen molar-refractivity contribution in [2.24, 2.45) is 0 Å². The van der Waals surface area contributed by atoms with E-state index in [0.717, 1.165) is 32.5 Å². The van der Waals surface area contributed by atoms with Gasteiger partial charge in [0.2, 0.25) is 0 Å². The van der Waals surface area contributed by atoms with E-state index >= 15 is 0 Å². The maximum Gasteiger partial charge on any atom is 0.329 e. The fraction of sp³-hybridized carbons (Fsp3) is 0.889. The number of nitrogens with zero attached hydrogens (tertiary/aromatic N) is 1. The number of piperidine rings is 1. The van der Waals surface area contributed by atoms with Gasteiger partial charge in [-0.25, -0.2) is 4.79 Å². The minimum absolute atomic E-state index is 0.116. The number of aliphatic carboxylic acids is 1. The van der Waals surface area contributed by atoms with Crippen LogP contribution in [0.3, 0.4) is 0 Å². The Hall–Kier alpha value is -0.610. The van der Waals surface area contributed by atoms with Crippen LogP contribution in [-0.4, -0.2) is 48.3 Å². The van der Waals surface area contributed by atoms with E-state index in [1.165, 1.54) is 0 Å². The molecule has 4 heteroatoms. The van der Waals surface area contributed by atoms with Gasteiger partial charge in [-0.2, -0.15) is 0 Å². The Kier molecular flexibility index (Phi) is 4.18. The van der Waals surface area contributed by atoms with Gasteiger partial charge in [-0.1, -0.05) is 6.92 Å². The van der Waals surface area contributed by atoms with E-state index in [2.05, 4.69) is 11.8 Å². The van der Waals surface area contributed by atoms with Crippen molar-refractivity contribution in [3.63, 3.8) is 0 Å². The highest BCUT2D eigenvalue weighted by Gasteiger charge is 2.19. The van der Waals surface area contributed by atoms with Crippen LogP contribution in [0, 0.1) is 0 Å². The van der Waals surface area contributed by atoms with Crippen LogP contribution >= 0.6 is 0 Å². The SMILES string of the molecule is CCN1CCCC(OCC(=O)O)C1. The van der Waals surface area contributed by atoms with Crippen LogP contribution in [0.5, 0.6) is 0 Å². The Morgan fingerprint density at radius 2 is 2.46 bits per heavy atom. The number of rotatable bonds is 4. The number of hydrogen-bond donors (Lipinski definition) is 1. The van der Waals surface area contributed by atoms with E-state index in [4.69, 9.17) is 9.84 Å². The lowest BCUT2D eigenvalue weighted by atomic mass is 10.1. The monoisotopic (exact) mass is 187 g/mol. The van der Waals surface area contributed by atoms with Crippen LogP contribution in [-0.2, 0) is 9.53 Å². The van der Waals surface area contributed by atoms with E-state index in [9.17, 15) is 4.79 Å². The zero-order chi connectivity index (χ0) is 9.68. The number of carboxylic acids is 1. The van der Waals surface area contributed by atoms with Gasteiger partial charge in [0.05, 0.1) is 6.10 Å². The first-order chi connectivity index (χ1) is 6.22. The lowest BCUT2D eigenvalue weighted by Crippen LogP contribution is -2.40. The summed E-state index contributed by atoms with van der Waals surface area (Å²) in [5, 5.41) is 8.43. The Labute approximate surface area is 78.5 Å². The summed E-state index contributed by atoms with van der Waals surface area (Å²) in [6, 6.07) is 0. The molecule has 0 amide bonds. The van der Waals surface area contributed by atoms with Crippen LogP contribution in [0.25, 0.3) is 0 Å². The maximum absolute atomic E-state index is 10.3. The summed E-state index contributed by atoms with van der Waals surface area (Å²) in [6.07, 6.45) is 2.21. The Balaban J connectivity index is 2.21. The molecular weight excluding hydrogens is 170 g/mol. The lowest BCUT2D eigenvalue weighted by Gasteiger charge is -2.31. The van der Waals surface area contributed by atoms with Crippen molar-refractivity contribution in [1.29, 1.82) is 0 Å². The summed E-state index contributed by atoms with van der Waals surface area (Å²) in [4.78, 5) is 12.5. The molecule has 76 valence electrons. The van der Waals surface area contributed by atoms with E-state index < -0.39 is 5.97 Å². The van der Waals surface area contributed by atoms with Crippen molar-refractivity contribution in [2.45, 2.75) is 25.9 Å². The molecule has 0 aliphatic carbocycles. The molecule has 1 rings (SSSR count). The topological polar surface area (TPSA) is 49.8 Å². The van der Waals surface area contributed by atoms with E-state index in [1.807, 2.05) is 0 Å². The number of hydrogen-bond acceptors (Lipinski definition) is 3. The number of carbonyl (C=O) groups is 1. The fourth-order valence-electron chi connectivity index (χ4n) is 1.63. The number of ether oxygens (including phenoxy) is 1. The second kappa shape index (κ2) is 5.19. The molecule has 1 aliphatic rings. The number of likely N-dealkylation sites (tertiary alicyclic amines) is 1. The number of likely N-dealkylation sites (N-methyl/N-ethyl adjacent to an activating group) is 1. The molecule has 0 aromatic rings. The second-order valence-electron chi connectivity index (χ2n) is 3.36. The minimum atomic E-state index is -0.881. The molecule has 13 heavy (non-hydrogen) atoms. The highest BCUT2D eigenvalue weighted by Crippen LogP contribution is 2.12. The third kappa shape index (κ3) is 3.74. The minimum Gasteiger partial charge on any atom is -0.480 e.